The third kappa shape index (κ3) is 3.44. The highest BCUT2D eigenvalue weighted by molar-refractivity contribution is 5.45. The topological polar surface area (TPSA) is 40.5 Å². The Morgan fingerprint density at radius 3 is 1.50 bits per heavy atom. The zero-order chi connectivity index (χ0) is 12.0. The third-order valence-electron chi connectivity index (χ3n) is 2.88. The van der Waals surface area contributed by atoms with Gasteiger partial charge in [0.05, 0.1) is 0 Å². The first-order valence-corrected chi connectivity index (χ1v) is 6.22. The van der Waals surface area contributed by atoms with E-state index in [9.17, 15) is 10.2 Å². The molecule has 0 saturated heterocycles. The molecule has 0 aromatic heterocycles. The molecule has 16 heavy (non-hydrogen) atoms. The maximum atomic E-state index is 9.83. The molecular weight excluding hydrogens is 200 g/mol. The number of phenols is 2. The molecule has 2 heteroatoms. The molecule has 2 nitrogen and oxygen atoms in total. The van der Waals surface area contributed by atoms with E-state index in [1.165, 1.54) is 0 Å². The summed E-state index contributed by atoms with van der Waals surface area (Å²) in [7, 11) is 0. The van der Waals surface area contributed by atoms with Gasteiger partial charge >= 0.3 is 0 Å². The van der Waals surface area contributed by atoms with Crippen LogP contribution in [0.2, 0.25) is 0 Å². The fraction of sp³-hybridized carbons (Fsp3) is 0.571. The summed E-state index contributed by atoms with van der Waals surface area (Å²) in [4.78, 5) is 0. The minimum Gasteiger partial charge on any atom is -0.508 e. The van der Waals surface area contributed by atoms with Crippen molar-refractivity contribution < 1.29 is 10.2 Å². The van der Waals surface area contributed by atoms with Gasteiger partial charge in [-0.3, -0.25) is 0 Å². The van der Waals surface area contributed by atoms with Crippen LogP contribution >= 0.6 is 0 Å². The average molecular weight is 222 g/mol. The van der Waals surface area contributed by atoms with Crippen molar-refractivity contribution in [2.24, 2.45) is 0 Å². The summed E-state index contributed by atoms with van der Waals surface area (Å²) in [6, 6.07) is 3.44. The summed E-state index contributed by atoms with van der Waals surface area (Å²) in [6.07, 6.45) is 5.95. The van der Waals surface area contributed by atoms with Gasteiger partial charge in [-0.15, -0.1) is 0 Å². The minimum absolute atomic E-state index is 0.331. The zero-order valence-electron chi connectivity index (χ0n) is 10.3. The molecule has 0 saturated carbocycles. The largest absolute Gasteiger partial charge is 0.508 e. The lowest BCUT2D eigenvalue weighted by atomic mass is 10.0. The highest BCUT2D eigenvalue weighted by Crippen LogP contribution is 2.29. The van der Waals surface area contributed by atoms with E-state index in [1.54, 1.807) is 12.1 Å². The number of aryl methyl sites for hydroxylation is 2. The lowest BCUT2D eigenvalue weighted by Gasteiger charge is -2.09. The van der Waals surface area contributed by atoms with Gasteiger partial charge in [0.15, 0.2) is 0 Å². The Balaban J connectivity index is 2.79. The Kier molecular flexibility index (Phi) is 5.17. The first-order valence-electron chi connectivity index (χ1n) is 6.22. The molecule has 0 radical (unpaired) electrons. The van der Waals surface area contributed by atoms with Crippen LogP contribution in [0.15, 0.2) is 12.1 Å². The van der Waals surface area contributed by atoms with Crippen molar-refractivity contribution in [1.82, 2.24) is 0 Å². The van der Waals surface area contributed by atoms with Crippen molar-refractivity contribution >= 4 is 0 Å². The predicted molar refractivity (Wildman–Crippen MR) is 67.0 cm³/mol. The zero-order valence-corrected chi connectivity index (χ0v) is 10.3. The number of unbranched alkanes of at least 4 members (excludes halogenated alkanes) is 2. The maximum Gasteiger partial charge on any atom is 0.119 e. The van der Waals surface area contributed by atoms with Crippen molar-refractivity contribution in [3.05, 3.63) is 23.3 Å². The standard InChI is InChI=1S/C14H22O2/c1-3-5-7-11-9-14(16)12(8-6-4-2)10-13(11)15/h9-10,15-16H,3-8H2,1-2H3. The van der Waals surface area contributed by atoms with Crippen molar-refractivity contribution in [1.29, 1.82) is 0 Å². The van der Waals surface area contributed by atoms with Crippen LogP contribution in [0, 0.1) is 0 Å². The van der Waals surface area contributed by atoms with Gasteiger partial charge in [0, 0.05) is 0 Å². The van der Waals surface area contributed by atoms with Gasteiger partial charge in [0.25, 0.3) is 0 Å². The van der Waals surface area contributed by atoms with Crippen LogP contribution in [-0.2, 0) is 12.8 Å². The number of benzene rings is 1. The molecule has 0 fully saturated rings. The smallest absolute Gasteiger partial charge is 0.119 e. The molecule has 2 N–H and O–H groups in total. The number of aromatic hydroxyl groups is 2. The summed E-state index contributed by atoms with van der Waals surface area (Å²) < 4.78 is 0. The Labute approximate surface area is 97.9 Å². The molecule has 0 bridgehead atoms. The van der Waals surface area contributed by atoms with Crippen LogP contribution in [0.4, 0.5) is 0 Å². The summed E-state index contributed by atoms with van der Waals surface area (Å²) in [6.45, 7) is 4.24. The molecule has 0 atom stereocenters. The summed E-state index contributed by atoms with van der Waals surface area (Å²) in [5.74, 6) is 0.662. The lowest BCUT2D eigenvalue weighted by molar-refractivity contribution is 0.447. The number of hydrogen-bond acceptors (Lipinski definition) is 2. The quantitative estimate of drug-likeness (QED) is 0.719. The van der Waals surface area contributed by atoms with Crippen molar-refractivity contribution in [2.75, 3.05) is 0 Å². The Bertz CT molecular complexity index is 298. The molecule has 0 unspecified atom stereocenters. The van der Waals surface area contributed by atoms with Crippen LogP contribution < -0.4 is 0 Å². The predicted octanol–water partition coefficient (Wildman–Crippen LogP) is 3.78. The summed E-state index contributed by atoms with van der Waals surface area (Å²) in [5.41, 5.74) is 1.72. The third-order valence-corrected chi connectivity index (χ3v) is 2.88. The fourth-order valence-corrected chi connectivity index (χ4v) is 1.80. The number of rotatable bonds is 6. The van der Waals surface area contributed by atoms with Crippen molar-refractivity contribution in [3.8, 4) is 11.5 Å². The van der Waals surface area contributed by atoms with Gasteiger partial charge in [-0.25, -0.2) is 0 Å². The molecule has 0 aliphatic carbocycles. The van der Waals surface area contributed by atoms with E-state index in [1.807, 2.05) is 0 Å². The minimum atomic E-state index is 0.331. The van der Waals surface area contributed by atoms with E-state index in [2.05, 4.69) is 13.8 Å². The van der Waals surface area contributed by atoms with Crippen LogP contribution in [0.25, 0.3) is 0 Å². The number of phenolic OH excluding ortho intramolecular Hbond substituents is 2. The highest BCUT2D eigenvalue weighted by atomic mass is 16.3. The van der Waals surface area contributed by atoms with Gasteiger partial charge in [-0.2, -0.15) is 0 Å². The van der Waals surface area contributed by atoms with Crippen molar-refractivity contribution in [3.63, 3.8) is 0 Å². The SMILES string of the molecule is CCCCc1cc(O)c(CCCC)cc1O. The molecule has 1 aromatic carbocycles. The van der Waals surface area contributed by atoms with Crippen LogP contribution in [0.1, 0.15) is 50.7 Å². The highest BCUT2D eigenvalue weighted by Gasteiger charge is 2.07. The van der Waals surface area contributed by atoms with Gasteiger partial charge in [0.1, 0.15) is 11.5 Å². The fourth-order valence-electron chi connectivity index (χ4n) is 1.80. The second-order valence-electron chi connectivity index (χ2n) is 4.32. The molecule has 0 aliphatic rings. The first-order chi connectivity index (χ1) is 7.69. The lowest BCUT2D eigenvalue weighted by Crippen LogP contribution is -1.91. The van der Waals surface area contributed by atoms with E-state index in [4.69, 9.17) is 0 Å². The number of hydrogen-bond donors (Lipinski definition) is 2. The normalized spacial score (nSPS) is 10.6. The van der Waals surface area contributed by atoms with Gasteiger partial charge < -0.3 is 10.2 Å². The molecule has 90 valence electrons. The summed E-state index contributed by atoms with van der Waals surface area (Å²) in [5, 5.41) is 19.7. The summed E-state index contributed by atoms with van der Waals surface area (Å²) >= 11 is 0. The first kappa shape index (κ1) is 12.9. The second-order valence-corrected chi connectivity index (χ2v) is 4.32. The molecular formula is C14H22O2. The Morgan fingerprint density at radius 1 is 0.812 bits per heavy atom. The van der Waals surface area contributed by atoms with Gasteiger partial charge in [-0.05, 0) is 48.9 Å². The second kappa shape index (κ2) is 6.41. The Morgan fingerprint density at radius 2 is 1.19 bits per heavy atom. The van der Waals surface area contributed by atoms with Crippen LogP contribution in [0.5, 0.6) is 11.5 Å². The van der Waals surface area contributed by atoms with E-state index in [-0.39, 0.29) is 0 Å². The van der Waals surface area contributed by atoms with Gasteiger partial charge in [0.2, 0.25) is 0 Å². The van der Waals surface area contributed by atoms with Crippen LogP contribution in [0.3, 0.4) is 0 Å². The molecule has 0 amide bonds. The van der Waals surface area contributed by atoms with E-state index < -0.39 is 0 Å². The molecule has 0 spiro atoms. The van der Waals surface area contributed by atoms with Gasteiger partial charge in [-0.1, -0.05) is 26.7 Å². The molecule has 0 aliphatic heterocycles. The van der Waals surface area contributed by atoms with Crippen molar-refractivity contribution in [2.45, 2.75) is 52.4 Å². The monoisotopic (exact) mass is 222 g/mol. The van der Waals surface area contributed by atoms with E-state index >= 15 is 0 Å². The van der Waals surface area contributed by atoms with E-state index in [0.717, 1.165) is 49.7 Å². The molecule has 1 aromatic rings. The van der Waals surface area contributed by atoms with Crippen LogP contribution in [-0.4, -0.2) is 10.2 Å². The Hall–Kier alpha value is -1.18. The average Bonchev–Trinajstić information content (AvgIpc) is 2.28. The molecule has 1 rings (SSSR count). The molecule has 0 heterocycles. The van der Waals surface area contributed by atoms with E-state index in [0.29, 0.717) is 11.5 Å². The maximum absolute atomic E-state index is 9.83.